The van der Waals surface area contributed by atoms with Crippen molar-refractivity contribution in [3.05, 3.63) is 58.7 Å². The van der Waals surface area contributed by atoms with Gasteiger partial charge in [-0.05, 0) is 25.0 Å². The molecule has 0 spiro atoms. The lowest BCUT2D eigenvalue weighted by atomic mass is 10.2. The van der Waals surface area contributed by atoms with Gasteiger partial charge in [-0.2, -0.15) is 0 Å². The summed E-state index contributed by atoms with van der Waals surface area (Å²) in [5.74, 6) is 0.639. The normalized spacial score (nSPS) is 14.2. The minimum atomic E-state index is 0.437. The SMILES string of the molecule is Clc1ccccc1COc1cccc(CNC2CC2)n1. The lowest BCUT2D eigenvalue weighted by molar-refractivity contribution is 0.293. The fourth-order valence-electron chi connectivity index (χ4n) is 1.94. The average molecular weight is 289 g/mol. The molecule has 1 N–H and O–H groups in total. The van der Waals surface area contributed by atoms with E-state index in [1.165, 1.54) is 12.8 Å². The third kappa shape index (κ3) is 3.71. The molecular weight excluding hydrogens is 272 g/mol. The summed E-state index contributed by atoms with van der Waals surface area (Å²) < 4.78 is 5.71. The lowest BCUT2D eigenvalue weighted by Gasteiger charge is -2.08. The molecule has 1 aromatic carbocycles. The first-order valence-electron chi connectivity index (χ1n) is 6.87. The minimum absolute atomic E-state index is 0.437. The van der Waals surface area contributed by atoms with Crippen LogP contribution in [0.4, 0.5) is 0 Å². The molecule has 1 saturated carbocycles. The summed E-state index contributed by atoms with van der Waals surface area (Å²) >= 11 is 6.10. The Morgan fingerprint density at radius 1 is 1.15 bits per heavy atom. The van der Waals surface area contributed by atoms with Crippen LogP contribution >= 0.6 is 11.6 Å². The molecule has 1 fully saturated rings. The largest absolute Gasteiger partial charge is 0.473 e. The smallest absolute Gasteiger partial charge is 0.213 e. The third-order valence-electron chi connectivity index (χ3n) is 3.26. The van der Waals surface area contributed by atoms with Gasteiger partial charge in [-0.1, -0.05) is 35.9 Å². The number of benzene rings is 1. The van der Waals surface area contributed by atoms with Crippen LogP contribution in [-0.2, 0) is 13.2 Å². The quantitative estimate of drug-likeness (QED) is 0.882. The summed E-state index contributed by atoms with van der Waals surface area (Å²) in [5.41, 5.74) is 1.98. The predicted molar refractivity (Wildman–Crippen MR) is 79.9 cm³/mol. The maximum absolute atomic E-state index is 6.10. The van der Waals surface area contributed by atoms with Crippen LogP contribution in [0.1, 0.15) is 24.1 Å². The Bertz CT molecular complexity index is 584. The van der Waals surface area contributed by atoms with E-state index < -0.39 is 0 Å². The second kappa shape index (κ2) is 6.25. The van der Waals surface area contributed by atoms with Gasteiger partial charge in [0, 0.05) is 29.2 Å². The van der Waals surface area contributed by atoms with E-state index in [2.05, 4.69) is 10.3 Å². The predicted octanol–water partition coefficient (Wildman–Crippen LogP) is 3.57. The molecule has 2 aromatic rings. The van der Waals surface area contributed by atoms with Crippen LogP contribution in [0.25, 0.3) is 0 Å². The zero-order valence-corrected chi connectivity index (χ0v) is 11.9. The number of hydrogen-bond acceptors (Lipinski definition) is 3. The van der Waals surface area contributed by atoms with Gasteiger partial charge in [-0.25, -0.2) is 4.98 Å². The lowest BCUT2D eigenvalue weighted by Crippen LogP contribution is -2.16. The van der Waals surface area contributed by atoms with E-state index in [1.807, 2.05) is 42.5 Å². The van der Waals surface area contributed by atoms with Gasteiger partial charge in [-0.3, -0.25) is 0 Å². The number of aromatic nitrogens is 1. The highest BCUT2D eigenvalue weighted by atomic mass is 35.5. The van der Waals surface area contributed by atoms with Crippen molar-refractivity contribution in [2.75, 3.05) is 0 Å². The van der Waals surface area contributed by atoms with Crippen molar-refractivity contribution in [3.8, 4) is 5.88 Å². The molecule has 0 aliphatic heterocycles. The first kappa shape index (κ1) is 13.4. The van der Waals surface area contributed by atoms with Gasteiger partial charge in [0.15, 0.2) is 0 Å². The maximum atomic E-state index is 6.10. The van der Waals surface area contributed by atoms with E-state index in [9.17, 15) is 0 Å². The molecule has 0 saturated heterocycles. The number of hydrogen-bond donors (Lipinski definition) is 1. The molecule has 0 amide bonds. The summed E-state index contributed by atoms with van der Waals surface area (Å²) in [7, 11) is 0. The number of halogens is 1. The summed E-state index contributed by atoms with van der Waals surface area (Å²) in [6.07, 6.45) is 2.56. The Balaban J connectivity index is 1.59. The van der Waals surface area contributed by atoms with Crippen molar-refractivity contribution < 1.29 is 4.74 Å². The molecule has 1 aromatic heterocycles. The van der Waals surface area contributed by atoms with E-state index >= 15 is 0 Å². The van der Waals surface area contributed by atoms with Crippen molar-refractivity contribution >= 4 is 11.6 Å². The topological polar surface area (TPSA) is 34.1 Å². The van der Waals surface area contributed by atoms with Crippen LogP contribution in [0.2, 0.25) is 5.02 Å². The van der Waals surface area contributed by atoms with Crippen molar-refractivity contribution in [2.45, 2.75) is 32.0 Å². The van der Waals surface area contributed by atoms with Gasteiger partial charge < -0.3 is 10.1 Å². The number of nitrogens with zero attached hydrogens (tertiary/aromatic N) is 1. The molecule has 1 heterocycles. The van der Waals surface area contributed by atoms with Crippen LogP contribution in [0.15, 0.2) is 42.5 Å². The second-order valence-electron chi connectivity index (χ2n) is 5.00. The number of ether oxygens (including phenoxy) is 1. The van der Waals surface area contributed by atoms with Gasteiger partial charge in [0.25, 0.3) is 0 Å². The summed E-state index contributed by atoms with van der Waals surface area (Å²) in [6, 6.07) is 14.2. The highest BCUT2D eigenvalue weighted by molar-refractivity contribution is 6.31. The highest BCUT2D eigenvalue weighted by Gasteiger charge is 2.20. The Morgan fingerprint density at radius 3 is 2.80 bits per heavy atom. The van der Waals surface area contributed by atoms with Crippen LogP contribution in [0.3, 0.4) is 0 Å². The molecule has 0 radical (unpaired) electrons. The summed E-state index contributed by atoms with van der Waals surface area (Å²) in [6.45, 7) is 1.24. The molecular formula is C16H17ClN2O. The Kier molecular flexibility index (Phi) is 4.19. The molecule has 0 atom stereocenters. The maximum Gasteiger partial charge on any atom is 0.213 e. The standard InChI is InChI=1S/C16H17ClN2O/c17-15-6-2-1-4-12(15)11-20-16-7-3-5-14(19-16)10-18-13-8-9-13/h1-7,13,18H,8-11H2. The monoisotopic (exact) mass is 288 g/mol. The Labute approximate surface area is 123 Å². The van der Waals surface area contributed by atoms with Crippen molar-refractivity contribution in [3.63, 3.8) is 0 Å². The Morgan fingerprint density at radius 2 is 2.00 bits per heavy atom. The van der Waals surface area contributed by atoms with Crippen molar-refractivity contribution in [2.24, 2.45) is 0 Å². The molecule has 0 bridgehead atoms. The second-order valence-corrected chi connectivity index (χ2v) is 5.41. The zero-order valence-electron chi connectivity index (χ0n) is 11.2. The van der Waals surface area contributed by atoms with Gasteiger partial charge in [-0.15, -0.1) is 0 Å². The highest BCUT2D eigenvalue weighted by Crippen LogP contribution is 2.20. The first-order valence-corrected chi connectivity index (χ1v) is 7.24. The van der Waals surface area contributed by atoms with E-state index in [-0.39, 0.29) is 0 Å². The van der Waals surface area contributed by atoms with Gasteiger partial charge in [0.1, 0.15) is 6.61 Å². The Hall–Kier alpha value is -1.58. The third-order valence-corrected chi connectivity index (χ3v) is 3.63. The summed E-state index contributed by atoms with van der Waals surface area (Å²) in [5, 5.41) is 4.17. The fourth-order valence-corrected chi connectivity index (χ4v) is 2.13. The van der Waals surface area contributed by atoms with Crippen LogP contribution in [0, 0.1) is 0 Å². The van der Waals surface area contributed by atoms with E-state index in [0.29, 0.717) is 18.5 Å². The molecule has 1 aliphatic carbocycles. The average Bonchev–Trinajstić information content (AvgIpc) is 3.29. The fraction of sp³-hybridized carbons (Fsp3) is 0.312. The number of rotatable bonds is 6. The molecule has 4 heteroatoms. The van der Waals surface area contributed by atoms with Gasteiger partial charge in [0.2, 0.25) is 5.88 Å². The first-order chi connectivity index (χ1) is 9.81. The van der Waals surface area contributed by atoms with Crippen molar-refractivity contribution in [1.82, 2.24) is 10.3 Å². The van der Waals surface area contributed by atoms with E-state index in [1.54, 1.807) is 0 Å². The van der Waals surface area contributed by atoms with Gasteiger partial charge in [0.05, 0.1) is 5.69 Å². The van der Waals surface area contributed by atoms with E-state index in [0.717, 1.165) is 22.8 Å². The van der Waals surface area contributed by atoms with Crippen LogP contribution < -0.4 is 10.1 Å². The molecule has 20 heavy (non-hydrogen) atoms. The molecule has 1 aliphatic rings. The molecule has 3 nitrogen and oxygen atoms in total. The number of nitrogens with one attached hydrogen (secondary N) is 1. The number of pyridine rings is 1. The van der Waals surface area contributed by atoms with Gasteiger partial charge >= 0.3 is 0 Å². The molecule has 3 rings (SSSR count). The summed E-state index contributed by atoms with van der Waals surface area (Å²) in [4.78, 5) is 4.49. The molecule has 0 unspecified atom stereocenters. The van der Waals surface area contributed by atoms with Crippen LogP contribution in [-0.4, -0.2) is 11.0 Å². The van der Waals surface area contributed by atoms with Crippen LogP contribution in [0.5, 0.6) is 5.88 Å². The van der Waals surface area contributed by atoms with E-state index in [4.69, 9.17) is 16.3 Å². The van der Waals surface area contributed by atoms with Crippen molar-refractivity contribution in [1.29, 1.82) is 0 Å². The minimum Gasteiger partial charge on any atom is -0.473 e. The zero-order chi connectivity index (χ0) is 13.8. The molecule has 104 valence electrons.